The van der Waals surface area contributed by atoms with Crippen LogP contribution >= 0.6 is 0 Å². The Morgan fingerprint density at radius 2 is 2.00 bits per heavy atom. The van der Waals surface area contributed by atoms with Gasteiger partial charge in [-0.3, -0.25) is 4.79 Å². The number of likely N-dealkylation sites (tertiary alicyclic amines) is 1. The number of nitrogens with zero attached hydrogens (tertiary/aromatic N) is 2. The molecule has 5 N–H and O–H groups in total. The maximum atomic E-state index is 12.1. The molecule has 3 atom stereocenters. The summed E-state index contributed by atoms with van der Waals surface area (Å²) in [7, 11) is 0. The largest absolute Gasteiger partial charge is 0.409 e. The Labute approximate surface area is 99.5 Å². The van der Waals surface area contributed by atoms with Crippen LogP contribution in [0.4, 0.5) is 0 Å². The summed E-state index contributed by atoms with van der Waals surface area (Å²) in [5.41, 5.74) is 5.47. The summed E-state index contributed by atoms with van der Waals surface area (Å²) in [4.78, 5) is 13.4. The maximum absolute atomic E-state index is 12.1. The number of carbonyl (C=O) groups excluding carboxylic acids is 1. The Hall–Kier alpha value is -1.34. The van der Waals surface area contributed by atoms with E-state index < -0.39 is 18.1 Å². The lowest BCUT2D eigenvalue weighted by molar-refractivity contribution is -0.133. The minimum absolute atomic E-state index is 0.0823. The van der Waals surface area contributed by atoms with Crippen molar-refractivity contribution in [2.45, 2.75) is 32.0 Å². The van der Waals surface area contributed by atoms with Gasteiger partial charge in [-0.1, -0.05) is 18.5 Å². The van der Waals surface area contributed by atoms with E-state index in [1.165, 1.54) is 4.90 Å². The van der Waals surface area contributed by atoms with Crippen LogP contribution < -0.4 is 5.73 Å². The normalized spacial score (nSPS) is 27.2. The second kappa shape index (κ2) is 5.83. The molecule has 98 valence electrons. The summed E-state index contributed by atoms with van der Waals surface area (Å²) < 4.78 is 0. The van der Waals surface area contributed by atoms with Crippen LogP contribution in [0.15, 0.2) is 5.16 Å². The van der Waals surface area contributed by atoms with Crippen molar-refractivity contribution in [2.75, 3.05) is 13.1 Å². The van der Waals surface area contributed by atoms with Gasteiger partial charge in [0, 0.05) is 13.1 Å². The smallest absolute Gasteiger partial charge is 0.233 e. The van der Waals surface area contributed by atoms with Gasteiger partial charge in [0.15, 0.2) is 5.84 Å². The molecule has 0 radical (unpaired) electrons. The molecule has 7 nitrogen and oxygen atoms in total. The van der Waals surface area contributed by atoms with Crippen molar-refractivity contribution >= 4 is 11.7 Å². The third kappa shape index (κ3) is 3.07. The van der Waals surface area contributed by atoms with E-state index in [2.05, 4.69) is 5.16 Å². The molecule has 1 rings (SSSR count). The van der Waals surface area contributed by atoms with Crippen LogP contribution in [-0.2, 0) is 4.79 Å². The molecular weight excluding hydrogens is 226 g/mol. The molecule has 0 aliphatic carbocycles. The van der Waals surface area contributed by atoms with Crippen molar-refractivity contribution in [2.24, 2.45) is 16.8 Å². The highest BCUT2D eigenvalue weighted by atomic mass is 16.4. The molecule has 0 spiro atoms. The highest BCUT2D eigenvalue weighted by Crippen LogP contribution is 2.17. The Bertz CT molecular complexity index is 298. The molecule has 0 saturated carbocycles. The minimum atomic E-state index is -0.923. The zero-order valence-electron chi connectivity index (χ0n) is 9.78. The lowest BCUT2D eigenvalue weighted by atomic mass is 10.0. The Kier molecular flexibility index (Phi) is 4.71. The molecule has 1 fully saturated rings. The third-order valence-corrected chi connectivity index (χ3v) is 2.92. The standard InChI is InChI=1S/C10H19N3O4/c1-2-3-6(9(11)12-17)10(16)13-4-7(14)8(15)5-13/h6-8,14-15,17H,2-5H2,1H3,(H2,11,12). The SMILES string of the molecule is CCCC(C(=O)N1CC(O)C(O)C1)C(N)=NO. The summed E-state index contributed by atoms with van der Waals surface area (Å²) >= 11 is 0. The van der Waals surface area contributed by atoms with Gasteiger partial charge in [0.2, 0.25) is 5.91 Å². The molecule has 7 heteroatoms. The van der Waals surface area contributed by atoms with Gasteiger partial charge in [0.1, 0.15) is 0 Å². The highest BCUT2D eigenvalue weighted by molar-refractivity contribution is 6.02. The number of aliphatic hydroxyl groups is 2. The van der Waals surface area contributed by atoms with Gasteiger partial charge < -0.3 is 26.1 Å². The van der Waals surface area contributed by atoms with Gasteiger partial charge >= 0.3 is 0 Å². The second-order valence-electron chi connectivity index (χ2n) is 4.24. The van der Waals surface area contributed by atoms with Crippen LogP contribution in [-0.4, -0.2) is 57.4 Å². The number of aliphatic hydroxyl groups excluding tert-OH is 2. The van der Waals surface area contributed by atoms with E-state index in [0.29, 0.717) is 12.8 Å². The molecule has 1 heterocycles. The Morgan fingerprint density at radius 3 is 2.41 bits per heavy atom. The summed E-state index contributed by atoms with van der Waals surface area (Å²) in [5.74, 6) is -1.15. The van der Waals surface area contributed by atoms with E-state index in [1.54, 1.807) is 0 Å². The first-order valence-corrected chi connectivity index (χ1v) is 5.63. The number of carbonyl (C=O) groups is 1. The van der Waals surface area contributed by atoms with Crippen LogP contribution in [0.1, 0.15) is 19.8 Å². The van der Waals surface area contributed by atoms with Crippen LogP contribution in [0.25, 0.3) is 0 Å². The number of hydrogen-bond donors (Lipinski definition) is 4. The second-order valence-corrected chi connectivity index (χ2v) is 4.24. The molecule has 1 amide bonds. The fraction of sp³-hybridized carbons (Fsp3) is 0.800. The molecule has 0 aromatic carbocycles. The molecule has 17 heavy (non-hydrogen) atoms. The van der Waals surface area contributed by atoms with Crippen molar-refractivity contribution in [1.82, 2.24) is 4.90 Å². The van der Waals surface area contributed by atoms with Gasteiger partial charge in [-0.05, 0) is 6.42 Å². The zero-order valence-corrected chi connectivity index (χ0v) is 9.78. The number of rotatable bonds is 4. The molecule has 3 unspecified atom stereocenters. The summed E-state index contributed by atoms with van der Waals surface area (Å²) in [6, 6.07) is 0. The fourth-order valence-corrected chi connectivity index (χ4v) is 1.93. The highest BCUT2D eigenvalue weighted by Gasteiger charge is 2.36. The number of amides is 1. The summed E-state index contributed by atoms with van der Waals surface area (Å²) in [6.07, 6.45) is -0.662. The van der Waals surface area contributed by atoms with Crippen LogP contribution in [0.5, 0.6) is 0 Å². The molecule has 0 aromatic heterocycles. The van der Waals surface area contributed by atoms with Crippen molar-refractivity contribution in [3.63, 3.8) is 0 Å². The van der Waals surface area contributed by atoms with E-state index in [0.717, 1.165) is 0 Å². The molecule has 1 aliphatic rings. The van der Waals surface area contributed by atoms with Gasteiger partial charge in [-0.15, -0.1) is 0 Å². The van der Waals surface area contributed by atoms with Crippen molar-refractivity contribution in [3.8, 4) is 0 Å². The molecule has 1 saturated heterocycles. The van der Waals surface area contributed by atoms with Crippen LogP contribution in [0.3, 0.4) is 0 Å². The number of amidine groups is 1. The number of nitrogens with two attached hydrogens (primary N) is 1. The number of hydrogen-bond acceptors (Lipinski definition) is 5. The quantitative estimate of drug-likeness (QED) is 0.213. The average Bonchev–Trinajstić information content (AvgIpc) is 2.65. The van der Waals surface area contributed by atoms with E-state index in [4.69, 9.17) is 10.9 Å². The monoisotopic (exact) mass is 245 g/mol. The van der Waals surface area contributed by atoms with Crippen molar-refractivity contribution in [3.05, 3.63) is 0 Å². The summed E-state index contributed by atoms with van der Waals surface area (Å²) in [6.45, 7) is 2.05. The lowest BCUT2D eigenvalue weighted by Crippen LogP contribution is -2.41. The molecule has 0 aromatic rings. The first kappa shape index (κ1) is 13.7. The molecule has 1 aliphatic heterocycles. The van der Waals surface area contributed by atoms with E-state index in [9.17, 15) is 15.0 Å². The fourth-order valence-electron chi connectivity index (χ4n) is 1.93. The first-order chi connectivity index (χ1) is 8.01. The predicted molar refractivity (Wildman–Crippen MR) is 60.4 cm³/mol. The van der Waals surface area contributed by atoms with Crippen LogP contribution in [0, 0.1) is 5.92 Å². The average molecular weight is 245 g/mol. The van der Waals surface area contributed by atoms with Crippen LogP contribution in [0.2, 0.25) is 0 Å². The van der Waals surface area contributed by atoms with Crippen molar-refractivity contribution < 1.29 is 20.2 Å². The van der Waals surface area contributed by atoms with Crippen molar-refractivity contribution in [1.29, 1.82) is 0 Å². The van der Waals surface area contributed by atoms with Gasteiger partial charge in [-0.25, -0.2) is 0 Å². The first-order valence-electron chi connectivity index (χ1n) is 5.63. The topological polar surface area (TPSA) is 119 Å². The number of oxime groups is 1. The Balaban J connectivity index is 2.72. The van der Waals surface area contributed by atoms with E-state index in [1.807, 2.05) is 6.92 Å². The Morgan fingerprint density at radius 1 is 1.47 bits per heavy atom. The molecular formula is C10H19N3O4. The van der Waals surface area contributed by atoms with E-state index >= 15 is 0 Å². The van der Waals surface area contributed by atoms with Gasteiger partial charge in [-0.2, -0.15) is 0 Å². The zero-order chi connectivity index (χ0) is 13.0. The lowest BCUT2D eigenvalue weighted by Gasteiger charge is -2.21. The minimum Gasteiger partial charge on any atom is -0.409 e. The van der Waals surface area contributed by atoms with Gasteiger partial charge in [0.25, 0.3) is 0 Å². The summed E-state index contributed by atoms with van der Waals surface area (Å²) in [5, 5.41) is 30.2. The van der Waals surface area contributed by atoms with E-state index in [-0.39, 0.29) is 24.8 Å². The number of β-amino-alcohol motifs (C(OH)–C–C–N with tert-alkyl or cyclic N) is 2. The molecule has 0 bridgehead atoms. The predicted octanol–water partition coefficient (Wildman–Crippen LogP) is -1.29. The third-order valence-electron chi connectivity index (χ3n) is 2.92. The maximum Gasteiger partial charge on any atom is 0.233 e. The van der Waals surface area contributed by atoms with Gasteiger partial charge in [0.05, 0.1) is 18.1 Å².